The van der Waals surface area contributed by atoms with Gasteiger partial charge in [-0.1, -0.05) is 30.7 Å². The van der Waals surface area contributed by atoms with Crippen LogP contribution in [0.5, 0.6) is 0 Å². The first-order valence-corrected chi connectivity index (χ1v) is 6.47. The molecule has 1 aromatic carbocycles. The summed E-state index contributed by atoms with van der Waals surface area (Å²) >= 11 is 10.9. The maximum Gasteiger partial charge on any atom is 0.255 e. The molecule has 0 bridgehead atoms. The second kappa shape index (κ2) is 5.50. The Labute approximate surface area is 115 Å². The predicted molar refractivity (Wildman–Crippen MR) is 75.9 cm³/mol. The van der Waals surface area contributed by atoms with Crippen molar-refractivity contribution in [1.82, 2.24) is 9.97 Å². The van der Waals surface area contributed by atoms with Crippen LogP contribution < -0.4 is 5.56 Å². The van der Waals surface area contributed by atoms with E-state index in [1.165, 1.54) is 0 Å². The molecule has 2 rings (SSSR count). The van der Waals surface area contributed by atoms with Crippen molar-refractivity contribution >= 4 is 23.8 Å². The summed E-state index contributed by atoms with van der Waals surface area (Å²) in [6, 6.07) is 7.51. The first-order valence-electron chi connectivity index (χ1n) is 5.69. The van der Waals surface area contributed by atoms with Gasteiger partial charge in [0.15, 0.2) is 4.77 Å². The van der Waals surface area contributed by atoms with Crippen LogP contribution in [-0.2, 0) is 12.8 Å². The number of aryl methyl sites for hydroxylation is 1. The highest BCUT2D eigenvalue weighted by Crippen LogP contribution is 2.14. The van der Waals surface area contributed by atoms with E-state index >= 15 is 0 Å². The molecule has 0 saturated carbocycles. The third-order valence-corrected chi connectivity index (χ3v) is 3.19. The SMILES string of the molecule is CCc1[nH]c(=S)[nH]c(=O)c1Cc1cccc(Cl)c1. The van der Waals surface area contributed by atoms with Gasteiger partial charge in [-0.15, -0.1) is 0 Å². The number of halogens is 1. The first kappa shape index (κ1) is 13.1. The summed E-state index contributed by atoms with van der Waals surface area (Å²) < 4.78 is 0.367. The summed E-state index contributed by atoms with van der Waals surface area (Å²) in [7, 11) is 0. The second-order valence-electron chi connectivity index (χ2n) is 4.03. The number of H-pyrrole nitrogens is 2. The summed E-state index contributed by atoms with van der Waals surface area (Å²) in [6.07, 6.45) is 1.29. The molecule has 0 amide bonds. The Bertz CT molecular complexity index is 675. The van der Waals surface area contributed by atoms with E-state index in [9.17, 15) is 4.79 Å². The highest BCUT2D eigenvalue weighted by molar-refractivity contribution is 7.71. The number of rotatable bonds is 3. The van der Waals surface area contributed by atoms with E-state index in [4.69, 9.17) is 23.8 Å². The normalized spacial score (nSPS) is 10.6. The van der Waals surface area contributed by atoms with Crippen molar-refractivity contribution < 1.29 is 0 Å². The van der Waals surface area contributed by atoms with Gasteiger partial charge in [0.1, 0.15) is 0 Å². The number of hydrogen-bond donors (Lipinski definition) is 2. The van der Waals surface area contributed by atoms with Crippen molar-refractivity contribution in [2.75, 3.05) is 0 Å². The van der Waals surface area contributed by atoms with Crippen LogP contribution in [0.2, 0.25) is 5.02 Å². The number of aromatic nitrogens is 2. The summed E-state index contributed by atoms with van der Waals surface area (Å²) in [5.74, 6) is 0. The van der Waals surface area contributed by atoms with Crippen LogP contribution in [0, 0.1) is 4.77 Å². The molecule has 18 heavy (non-hydrogen) atoms. The van der Waals surface area contributed by atoms with Crippen molar-refractivity contribution in [2.24, 2.45) is 0 Å². The van der Waals surface area contributed by atoms with Gasteiger partial charge in [-0.05, 0) is 36.3 Å². The van der Waals surface area contributed by atoms with Gasteiger partial charge in [0.2, 0.25) is 0 Å². The Balaban J connectivity index is 2.46. The van der Waals surface area contributed by atoms with E-state index < -0.39 is 0 Å². The molecule has 1 heterocycles. The van der Waals surface area contributed by atoms with Gasteiger partial charge in [0, 0.05) is 22.7 Å². The lowest BCUT2D eigenvalue weighted by Gasteiger charge is -2.07. The number of hydrogen-bond acceptors (Lipinski definition) is 2. The van der Waals surface area contributed by atoms with Crippen LogP contribution in [0.1, 0.15) is 23.7 Å². The number of aromatic amines is 2. The minimum absolute atomic E-state index is 0.129. The molecule has 5 heteroatoms. The van der Waals surface area contributed by atoms with E-state index in [0.717, 1.165) is 17.7 Å². The van der Waals surface area contributed by atoms with E-state index in [2.05, 4.69) is 9.97 Å². The molecule has 0 aliphatic rings. The lowest BCUT2D eigenvalue weighted by atomic mass is 10.0. The van der Waals surface area contributed by atoms with E-state index in [0.29, 0.717) is 21.8 Å². The van der Waals surface area contributed by atoms with Crippen molar-refractivity contribution in [3.8, 4) is 0 Å². The molecule has 0 unspecified atom stereocenters. The summed E-state index contributed by atoms with van der Waals surface area (Å²) in [5, 5.41) is 0.672. The van der Waals surface area contributed by atoms with Gasteiger partial charge < -0.3 is 4.98 Å². The summed E-state index contributed by atoms with van der Waals surface area (Å²) in [6.45, 7) is 1.99. The molecular formula is C13H13ClN2OS. The molecule has 2 N–H and O–H groups in total. The van der Waals surface area contributed by atoms with Crippen molar-refractivity contribution in [2.45, 2.75) is 19.8 Å². The molecule has 2 aromatic rings. The molecule has 94 valence electrons. The van der Waals surface area contributed by atoms with Crippen molar-refractivity contribution in [3.05, 3.63) is 61.2 Å². The van der Waals surface area contributed by atoms with Gasteiger partial charge in [0.05, 0.1) is 0 Å². The van der Waals surface area contributed by atoms with Gasteiger partial charge in [-0.3, -0.25) is 9.78 Å². The van der Waals surface area contributed by atoms with Gasteiger partial charge in [-0.25, -0.2) is 0 Å². The van der Waals surface area contributed by atoms with Crippen LogP contribution in [0.25, 0.3) is 0 Å². The maximum atomic E-state index is 11.9. The quantitative estimate of drug-likeness (QED) is 0.848. The molecule has 0 aliphatic heterocycles. The summed E-state index contributed by atoms with van der Waals surface area (Å²) in [4.78, 5) is 17.6. The van der Waals surface area contributed by atoms with E-state index in [-0.39, 0.29) is 5.56 Å². The fourth-order valence-electron chi connectivity index (χ4n) is 1.90. The van der Waals surface area contributed by atoms with Crippen LogP contribution >= 0.6 is 23.8 Å². The molecule has 0 saturated heterocycles. The Morgan fingerprint density at radius 2 is 2.11 bits per heavy atom. The molecule has 3 nitrogen and oxygen atoms in total. The van der Waals surface area contributed by atoms with Gasteiger partial charge in [0.25, 0.3) is 5.56 Å². The maximum absolute atomic E-state index is 11.9. The average molecular weight is 281 g/mol. The Morgan fingerprint density at radius 3 is 2.78 bits per heavy atom. The molecule has 0 spiro atoms. The summed E-state index contributed by atoms with van der Waals surface area (Å²) in [5.41, 5.74) is 2.47. The lowest BCUT2D eigenvalue weighted by Crippen LogP contribution is -2.18. The molecule has 0 atom stereocenters. The largest absolute Gasteiger partial charge is 0.336 e. The second-order valence-corrected chi connectivity index (χ2v) is 4.87. The smallest absolute Gasteiger partial charge is 0.255 e. The van der Waals surface area contributed by atoms with Crippen LogP contribution in [0.15, 0.2) is 29.1 Å². The Morgan fingerprint density at radius 1 is 1.33 bits per heavy atom. The minimum Gasteiger partial charge on any atom is -0.336 e. The zero-order chi connectivity index (χ0) is 13.1. The Kier molecular flexibility index (Phi) is 3.99. The third kappa shape index (κ3) is 2.89. The lowest BCUT2D eigenvalue weighted by molar-refractivity contribution is 0.907. The van der Waals surface area contributed by atoms with Gasteiger partial charge in [-0.2, -0.15) is 0 Å². The zero-order valence-corrected chi connectivity index (χ0v) is 11.5. The van der Waals surface area contributed by atoms with Crippen LogP contribution in [-0.4, -0.2) is 9.97 Å². The number of nitrogens with one attached hydrogen (secondary N) is 2. The van der Waals surface area contributed by atoms with Gasteiger partial charge >= 0.3 is 0 Å². The highest BCUT2D eigenvalue weighted by Gasteiger charge is 2.08. The number of benzene rings is 1. The van der Waals surface area contributed by atoms with Crippen molar-refractivity contribution in [3.63, 3.8) is 0 Å². The average Bonchev–Trinajstić information content (AvgIpc) is 2.32. The molecule has 0 radical (unpaired) electrons. The van der Waals surface area contributed by atoms with E-state index in [1.54, 1.807) is 0 Å². The van der Waals surface area contributed by atoms with Crippen molar-refractivity contribution in [1.29, 1.82) is 0 Å². The molecule has 0 fully saturated rings. The third-order valence-electron chi connectivity index (χ3n) is 2.75. The first-order chi connectivity index (χ1) is 8.60. The molecular weight excluding hydrogens is 268 g/mol. The minimum atomic E-state index is -0.129. The zero-order valence-electron chi connectivity index (χ0n) is 9.92. The fraction of sp³-hybridized carbons (Fsp3) is 0.231. The topological polar surface area (TPSA) is 48.6 Å². The highest BCUT2D eigenvalue weighted by atomic mass is 35.5. The molecule has 0 aliphatic carbocycles. The monoisotopic (exact) mass is 280 g/mol. The predicted octanol–water partition coefficient (Wildman–Crippen LogP) is 3.24. The van der Waals surface area contributed by atoms with E-state index in [1.807, 2.05) is 31.2 Å². The molecule has 1 aromatic heterocycles. The van der Waals surface area contributed by atoms with Crippen LogP contribution in [0.3, 0.4) is 0 Å². The van der Waals surface area contributed by atoms with Crippen LogP contribution in [0.4, 0.5) is 0 Å². The standard InChI is InChI=1S/C13H13ClN2OS/c1-2-11-10(12(17)16-13(18)15-11)7-8-4-3-5-9(14)6-8/h3-6H,2,7H2,1H3,(H2,15,16,17,18). The Hall–Kier alpha value is -1.39. The fourth-order valence-corrected chi connectivity index (χ4v) is 2.33.